The van der Waals surface area contributed by atoms with Gasteiger partial charge in [-0.15, -0.1) is 16.8 Å². The molecule has 2 aromatic heterocycles. The SMILES string of the molecule is C=CCNC(=O)CSc1nnc(-c2ccn(C)n2)n1CC1CCCO1. The number of thioether (sulfide) groups is 1. The molecule has 1 amide bonds. The topological polar surface area (TPSA) is 86.9 Å². The molecule has 0 bridgehead atoms. The van der Waals surface area contributed by atoms with Crippen LogP contribution in [0, 0.1) is 0 Å². The summed E-state index contributed by atoms with van der Waals surface area (Å²) in [5.41, 5.74) is 0.760. The van der Waals surface area contributed by atoms with Gasteiger partial charge in [0.05, 0.1) is 18.4 Å². The van der Waals surface area contributed by atoms with Crippen LogP contribution in [0.15, 0.2) is 30.1 Å². The van der Waals surface area contributed by atoms with Gasteiger partial charge in [-0.05, 0) is 18.9 Å². The number of aromatic nitrogens is 5. The highest BCUT2D eigenvalue weighted by Crippen LogP contribution is 2.25. The van der Waals surface area contributed by atoms with E-state index in [4.69, 9.17) is 4.74 Å². The van der Waals surface area contributed by atoms with Gasteiger partial charge in [-0.3, -0.25) is 14.0 Å². The lowest BCUT2D eigenvalue weighted by molar-refractivity contribution is -0.118. The smallest absolute Gasteiger partial charge is 0.230 e. The van der Waals surface area contributed by atoms with Crippen LogP contribution in [0.3, 0.4) is 0 Å². The lowest BCUT2D eigenvalue weighted by Crippen LogP contribution is -2.25. The van der Waals surface area contributed by atoms with Crippen LogP contribution in [0.25, 0.3) is 11.5 Å². The Hall–Kier alpha value is -2.13. The molecule has 1 aliphatic heterocycles. The second-order valence-corrected chi connectivity index (χ2v) is 6.75. The molecular formula is C16H22N6O2S. The van der Waals surface area contributed by atoms with Crippen LogP contribution in [0.5, 0.6) is 0 Å². The Morgan fingerprint density at radius 2 is 2.44 bits per heavy atom. The number of nitrogens with zero attached hydrogens (tertiary/aromatic N) is 5. The van der Waals surface area contributed by atoms with Crippen molar-refractivity contribution in [3.8, 4) is 11.5 Å². The van der Waals surface area contributed by atoms with Crippen molar-refractivity contribution in [3.05, 3.63) is 24.9 Å². The summed E-state index contributed by atoms with van der Waals surface area (Å²) in [5.74, 6) is 0.917. The number of aryl methyl sites for hydroxylation is 1. The molecule has 1 fully saturated rings. The monoisotopic (exact) mass is 362 g/mol. The first-order valence-corrected chi connectivity index (χ1v) is 9.21. The van der Waals surface area contributed by atoms with Crippen LogP contribution in [-0.4, -0.2) is 55.5 Å². The Morgan fingerprint density at radius 1 is 1.56 bits per heavy atom. The van der Waals surface area contributed by atoms with Crippen molar-refractivity contribution in [1.82, 2.24) is 29.9 Å². The average molecular weight is 362 g/mol. The Labute approximate surface area is 150 Å². The van der Waals surface area contributed by atoms with E-state index in [9.17, 15) is 4.79 Å². The Morgan fingerprint density at radius 3 is 3.12 bits per heavy atom. The van der Waals surface area contributed by atoms with Gasteiger partial charge in [-0.25, -0.2) is 0 Å². The summed E-state index contributed by atoms with van der Waals surface area (Å²) < 4.78 is 9.49. The van der Waals surface area contributed by atoms with Crippen LogP contribution in [0.1, 0.15) is 12.8 Å². The third kappa shape index (κ3) is 4.49. The van der Waals surface area contributed by atoms with E-state index in [1.165, 1.54) is 11.8 Å². The Bertz CT molecular complexity index is 735. The van der Waals surface area contributed by atoms with Gasteiger partial charge >= 0.3 is 0 Å². The minimum atomic E-state index is -0.0593. The highest BCUT2D eigenvalue weighted by molar-refractivity contribution is 7.99. The van der Waals surface area contributed by atoms with Gasteiger partial charge in [0.25, 0.3) is 0 Å². The third-order valence-corrected chi connectivity index (χ3v) is 4.81. The number of amides is 1. The number of rotatable bonds is 8. The average Bonchev–Trinajstić information content (AvgIpc) is 3.33. The quantitative estimate of drug-likeness (QED) is 0.562. The number of hydrogen-bond donors (Lipinski definition) is 1. The van der Waals surface area contributed by atoms with E-state index in [0.29, 0.717) is 24.1 Å². The maximum Gasteiger partial charge on any atom is 0.230 e. The number of ether oxygens (including phenoxy) is 1. The van der Waals surface area contributed by atoms with Crippen molar-refractivity contribution in [2.45, 2.75) is 30.6 Å². The molecule has 25 heavy (non-hydrogen) atoms. The number of hydrogen-bond acceptors (Lipinski definition) is 6. The van der Waals surface area contributed by atoms with Crippen molar-refractivity contribution < 1.29 is 9.53 Å². The lowest BCUT2D eigenvalue weighted by Gasteiger charge is -2.13. The summed E-state index contributed by atoms with van der Waals surface area (Å²) in [6.45, 7) is 5.50. The zero-order valence-electron chi connectivity index (χ0n) is 14.2. The summed E-state index contributed by atoms with van der Waals surface area (Å²) in [7, 11) is 1.86. The molecule has 0 radical (unpaired) electrons. The first-order valence-electron chi connectivity index (χ1n) is 8.22. The largest absolute Gasteiger partial charge is 0.376 e. The van der Waals surface area contributed by atoms with Gasteiger partial charge in [0.15, 0.2) is 11.0 Å². The van der Waals surface area contributed by atoms with Crippen molar-refractivity contribution in [1.29, 1.82) is 0 Å². The Kier molecular flexibility index (Phi) is 5.87. The van der Waals surface area contributed by atoms with Crippen molar-refractivity contribution in [2.75, 3.05) is 18.9 Å². The van der Waals surface area contributed by atoms with Crippen molar-refractivity contribution in [3.63, 3.8) is 0 Å². The fraction of sp³-hybridized carbons (Fsp3) is 0.500. The summed E-state index contributed by atoms with van der Waals surface area (Å²) in [6.07, 6.45) is 5.76. The minimum absolute atomic E-state index is 0.0593. The molecule has 0 saturated carbocycles. The van der Waals surface area contributed by atoms with Gasteiger partial charge < -0.3 is 10.1 Å². The molecule has 1 atom stereocenters. The molecule has 1 aliphatic rings. The van der Waals surface area contributed by atoms with Crippen molar-refractivity contribution in [2.24, 2.45) is 7.05 Å². The van der Waals surface area contributed by atoms with Crippen molar-refractivity contribution >= 4 is 17.7 Å². The highest BCUT2D eigenvalue weighted by Gasteiger charge is 2.23. The lowest BCUT2D eigenvalue weighted by atomic mass is 10.2. The van der Waals surface area contributed by atoms with Gasteiger partial charge in [0, 0.05) is 26.4 Å². The van der Waals surface area contributed by atoms with Crippen LogP contribution in [0.4, 0.5) is 0 Å². The Balaban J connectivity index is 1.77. The molecule has 3 heterocycles. The zero-order chi connectivity index (χ0) is 17.6. The van der Waals surface area contributed by atoms with Crippen LogP contribution >= 0.6 is 11.8 Å². The fourth-order valence-corrected chi connectivity index (χ4v) is 3.42. The summed E-state index contributed by atoms with van der Waals surface area (Å²) in [4.78, 5) is 11.8. The summed E-state index contributed by atoms with van der Waals surface area (Å²) in [5, 5.41) is 16.4. The molecular weight excluding hydrogens is 340 g/mol. The third-order valence-electron chi connectivity index (χ3n) is 3.85. The van der Waals surface area contributed by atoms with E-state index in [1.807, 2.05) is 23.9 Å². The second kappa shape index (κ2) is 8.30. The van der Waals surface area contributed by atoms with Crippen LogP contribution in [0.2, 0.25) is 0 Å². The van der Waals surface area contributed by atoms with Crippen LogP contribution < -0.4 is 5.32 Å². The number of carbonyl (C=O) groups is 1. The first kappa shape index (κ1) is 17.7. The minimum Gasteiger partial charge on any atom is -0.376 e. The van der Waals surface area contributed by atoms with E-state index >= 15 is 0 Å². The maximum absolute atomic E-state index is 11.8. The molecule has 134 valence electrons. The summed E-state index contributed by atoms with van der Waals surface area (Å²) in [6, 6.07) is 1.90. The predicted molar refractivity (Wildman–Crippen MR) is 95.1 cm³/mol. The summed E-state index contributed by atoms with van der Waals surface area (Å²) >= 11 is 1.36. The van der Waals surface area contributed by atoms with E-state index < -0.39 is 0 Å². The molecule has 8 nitrogen and oxygen atoms in total. The van der Waals surface area contributed by atoms with Gasteiger partial charge in [0.2, 0.25) is 5.91 Å². The fourth-order valence-electron chi connectivity index (χ4n) is 2.64. The molecule has 1 saturated heterocycles. The van der Waals surface area contributed by atoms with E-state index in [0.717, 1.165) is 25.1 Å². The molecule has 2 aromatic rings. The highest BCUT2D eigenvalue weighted by atomic mass is 32.2. The standard InChI is InChI=1S/C16H22N6O2S/c1-3-7-17-14(23)11-25-16-19-18-15(13-6-8-21(2)20-13)22(16)10-12-5-4-9-24-12/h3,6,8,12H,1,4-5,7,9-11H2,2H3,(H,17,23). The first-order chi connectivity index (χ1) is 12.2. The molecule has 3 rings (SSSR count). The van der Waals surface area contributed by atoms with E-state index in [1.54, 1.807) is 10.8 Å². The van der Waals surface area contributed by atoms with Crippen LogP contribution in [-0.2, 0) is 23.1 Å². The number of carbonyl (C=O) groups excluding carboxylic acids is 1. The predicted octanol–water partition coefficient (Wildman–Crippen LogP) is 1.25. The molecule has 9 heteroatoms. The second-order valence-electron chi connectivity index (χ2n) is 5.81. The molecule has 0 aliphatic carbocycles. The maximum atomic E-state index is 11.8. The molecule has 1 unspecified atom stereocenters. The normalized spacial score (nSPS) is 16.9. The zero-order valence-corrected chi connectivity index (χ0v) is 15.0. The van der Waals surface area contributed by atoms with E-state index in [-0.39, 0.29) is 17.8 Å². The van der Waals surface area contributed by atoms with E-state index in [2.05, 4.69) is 27.2 Å². The molecule has 0 aromatic carbocycles. The molecule has 1 N–H and O–H groups in total. The van der Waals surface area contributed by atoms with Gasteiger partial charge in [-0.1, -0.05) is 17.8 Å². The van der Waals surface area contributed by atoms with Gasteiger partial charge in [-0.2, -0.15) is 5.10 Å². The number of nitrogens with one attached hydrogen (secondary N) is 1. The van der Waals surface area contributed by atoms with Gasteiger partial charge in [0.1, 0.15) is 5.69 Å². The molecule has 0 spiro atoms.